The van der Waals surface area contributed by atoms with Crippen LogP contribution in [0.25, 0.3) is 53.2 Å². The number of rotatable bonds is 24. The highest BCUT2D eigenvalue weighted by Crippen LogP contribution is 2.38. The normalized spacial score (nSPS) is 11.8. The molecule has 0 saturated heterocycles. The van der Waals surface area contributed by atoms with Crippen LogP contribution >= 0.6 is 22.7 Å². The van der Waals surface area contributed by atoms with Crippen LogP contribution in [0.2, 0.25) is 0 Å². The van der Waals surface area contributed by atoms with E-state index in [1.165, 1.54) is 204 Å². The van der Waals surface area contributed by atoms with Crippen molar-refractivity contribution in [1.82, 2.24) is 0 Å². The molecule has 0 saturated carbocycles. The maximum atomic E-state index is 2.45. The molecule has 0 atom stereocenters. The number of unbranched alkanes of at least 4 members (excludes halogenated alkanes) is 18. The molecule has 2 heterocycles. The summed E-state index contributed by atoms with van der Waals surface area (Å²) < 4.78 is 0. The van der Waals surface area contributed by atoms with Gasteiger partial charge in [0.15, 0.2) is 0 Å². The summed E-state index contributed by atoms with van der Waals surface area (Å²) in [6, 6.07) is 33.0. The molecule has 0 amide bonds. The van der Waals surface area contributed by atoms with Gasteiger partial charge >= 0.3 is 0 Å². The van der Waals surface area contributed by atoms with E-state index in [4.69, 9.17) is 0 Å². The fraction of sp³-hybridized carbons (Fsp3) is 0.480. The lowest BCUT2D eigenvalue weighted by Gasteiger charge is -2.10. The summed E-state index contributed by atoms with van der Waals surface area (Å²) in [5.41, 5.74) is 2.70. The van der Waals surface area contributed by atoms with Gasteiger partial charge in [0, 0.05) is 19.5 Å². The maximum absolute atomic E-state index is 2.45. The predicted molar refractivity (Wildman–Crippen MR) is 237 cm³/mol. The maximum Gasteiger partial charge on any atom is 0.0345 e. The van der Waals surface area contributed by atoms with Crippen LogP contribution in [0.15, 0.2) is 84.9 Å². The Balaban J connectivity index is 1.06. The molecule has 276 valence electrons. The molecule has 0 bridgehead atoms. The monoisotopic (exact) mass is 728 g/mol. The fourth-order valence-electron chi connectivity index (χ4n) is 8.08. The van der Waals surface area contributed by atoms with Crippen LogP contribution in [0.3, 0.4) is 0 Å². The van der Waals surface area contributed by atoms with Gasteiger partial charge in [-0.1, -0.05) is 178 Å². The highest BCUT2D eigenvalue weighted by atomic mass is 32.1. The van der Waals surface area contributed by atoms with Crippen molar-refractivity contribution in [2.45, 2.75) is 155 Å². The molecule has 0 aliphatic heterocycles. The molecule has 2 aromatic heterocycles. The van der Waals surface area contributed by atoms with Crippen molar-refractivity contribution in [3.8, 4) is 20.9 Å². The molecule has 0 unspecified atom stereocenters. The van der Waals surface area contributed by atoms with Gasteiger partial charge in [-0.25, -0.2) is 0 Å². The zero-order chi connectivity index (χ0) is 35.8. The molecule has 2 heteroatoms. The Bertz CT molecular complexity index is 1800. The first-order valence-corrected chi connectivity index (χ1v) is 22.9. The Morgan fingerprint density at radius 1 is 0.327 bits per heavy atom. The van der Waals surface area contributed by atoms with Crippen molar-refractivity contribution in [1.29, 1.82) is 0 Å². The first-order valence-electron chi connectivity index (χ1n) is 21.3. The summed E-state index contributed by atoms with van der Waals surface area (Å²) >= 11 is 3.99. The second kappa shape index (κ2) is 21.1. The Kier molecular flexibility index (Phi) is 15.7. The van der Waals surface area contributed by atoms with Crippen LogP contribution in [-0.4, -0.2) is 0 Å². The Morgan fingerprint density at radius 2 is 0.673 bits per heavy atom. The van der Waals surface area contributed by atoms with Gasteiger partial charge in [0.25, 0.3) is 0 Å². The first-order chi connectivity index (χ1) is 25.7. The number of thiophene rings is 2. The van der Waals surface area contributed by atoms with E-state index in [0.29, 0.717) is 0 Å². The molecular formula is C50H64S2. The molecule has 0 nitrogen and oxygen atoms in total. The average molecular weight is 729 g/mol. The lowest BCUT2D eigenvalue weighted by atomic mass is 9.95. The van der Waals surface area contributed by atoms with E-state index in [0.717, 1.165) is 0 Å². The lowest BCUT2D eigenvalue weighted by Crippen LogP contribution is -1.84. The van der Waals surface area contributed by atoms with E-state index in [9.17, 15) is 0 Å². The first kappa shape index (κ1) is 38.8. The van der Waals surface area contributed by atoms with Gasteiger partial charge in [0.2, 0.25) is 0 Å². The van der Waals surface area contributed by atoms with E-state index in [1.807, 2.05) is 22.7 Å². The van der Waals surface area contributed by atoms with Crippen LogP contribution in [-0.2, 0) is 12.8 Å². The van der Waals surface area contributed by atoms with E-state index in [1.54, 1.807) is 0 Å². The van der Waals surface area contributed by atoms with Crippen LogP contribution in [0.4, 0.5) is 0 Å². The summed E-state index contributed by atoms with van der Waals surface area (Å²) in [4.78, 5) is 5.86. The minimum Gasteiger partial charge on any atom is -0.140 e. The minimum atomic E-state index is 1.22. The number of benzene rings is 4. The van der Waals surface area contributed by atoms with Gasteiger partial charge in [-0.3, -0.25) is 0 Å². The SMILES string of the molecule is CCCCCCCCCCCCc1ccc(-c2ccc3ccc4c5cc(-c6ccc(CCCCCCCCCCCC)s6)ccc5ccc4c3c2)s1. The van der Waals surface area contributed by atoms with E-state index in [-0.39, 0.29) is 0 Å². The van der Waals surface area contributed by atoms with Crippen LogP contribution in [0, 0.1) is 0 Å². The smallest absolute Gasteiger partial charge is 0.0345 e. The van der Waals surface area contributed by atoms with Crippen molar-refractivity contribution in [2.75, 3.05) is 0 Å². The Labute approximate surface area is 324 Å². The molecule has 52 heavy (non-hydrogen) atoms. The molecular weight excluding hydrogens is 665 g/mol. The number of hydrogen-bond donors (Lipinski definition) is 0. The molecule has 0 spiro atoms. The molecule has 0 radical (unpaired) electrons. The molecule has 6 rings (SSSR count). The third-order valence-corrected chi connectivity index (χ3v) is 13.7. The third-order valence-electron chi connectivity index (χ3n) is 11.3. The van der Waals surface area contributed by atoms with Gasteiger partial charge in [-0.2, -0.15) is 0 Å². The Morgan fingerprint density at radius 3 is 1.06 bits per heavy atom. The summed E-state index contributed by atoms with van der Waals surface area (Å²) in [5, 5.41) is 8.09. The number of fused-ring (bicyclic) bond motifs is 5. The molecule has 0 aliphatic rings. The zero-order valence-electron chi connectivity index (χ0n) is 32.5. The van der Waals surface area contributed by atoms with Crippen molar-refractivity contribution in [3.05, 3.63) is 94.7 Å². The highest BCUT2D eigenvalue weighted by Gasteiger charge is 2.11. The second-order valence-corrected chi connectivity index (χ2v) is 17.8. The minimum absolute atomic E-state index is 1.22. The molecule has 4 aromatic carbocycles. The van der Waals surface area contributed by atoms with E-state index in [2.05, 4.69) is 98.8 Å². The van der Waals surface area contributed by atoms with Crippen LogP contribution in [0.5, 0.6) is 0 Å². The van der Waals surface area contributed by atoms with Gasteiger partial charge in [-0.15, -0.1) is 22.7 Å². The summed E-state index contributed by atoms with van der Waals surface area (Å²) in [7, 11) is 0. The van der Waals surface area contributed by atoms with E-state index >= 15 is 0 Å². The largest absolute Gasteiger partial charge is 0.140 e. The number of hydrogen-bond acceptors (Lipinski definition) is 2. The third kappa shape index (κ3) is 11.0. The van der Waals surface area contributed by atoms with E-state index < -0.39 is 0 Å². The highest BCUT2D eigenvalue weighted by molar-refractivity contribution is 7.15. The Hall–Kier alpha value is -2.94. The number of aryl methyl sites for hydroxylation is 2. The van der Waals surface area contributed by atoms with Gasteiger partial charge in [0.05, 0.1) is 0 Å². The van der Waals surface area contributed by atoms with Crippen molar-refractivity contribution in [3.63, 3.8) is 0 Å². The summed E-state index contributed by atoms with van der Waals surface area (Å²) in [6.07, 6.45) is 30.4. The molecule has 0 N–H and O–H groups in total. The predicted octanol–water partition coefficient (Wildman–Crippen LogP) is 17.5. The zero-order valence-corrected chi connectivity index (χ0v) is 34.1. The second-order valence-electron chi connectivity index (χ2n) is 15.5. The van der Waals surface area contributed by atoms with Gasteiger partial charge in [-0.05, 0) is 106 Å². The van der Waals surface area contributed by atoms with Crippen molar-refractivity contribution in [2.24, 2.45) is 0 Å². The molecule has 0 fully saturated rings. The van der Waals surface area contributed by atoms with Crippen LogP contribution in [0.1, 0.15) is 152 Å². The molecule has 6 aromatic rings. The summed E-state index contributed by atoms with van der Waals surface area (Å²) in [5.74, 6) is 0. The topological polar surface area (TPSA) is 0 Å². The fourth-order valence-corrected chi connectivity index (χ4v) is 10.2. The molecule has 0 aliphatic carbocycles. The standard InChI is InChI=1S/C50H64S2/c1-3-5-7-9-11-13-15-17-19-21-23-43-31-35-49(51-43)41-27-25-39-29-34-46-45(47(39)37-41)33-30-40-26-28-42(38-48(40)46)50-36-32-44(52-50)24-22-20-18-16-14-12-10-8-6-4-2/h25-38H,3-24H2,1-2H3. The lowest BCUT2D eigenvalue weighted by molar-refractivity contribution is 0.557. The van der Waals surface area contributed by atoms with Crippen LogP contribution < -0.4 is 0 Å². The summed E-state index contributed by atoms with van der Waals surface area (Å²) in [6.45, 7) is 4.60. The van der Waals surface area contributed by atoms with Gasteiger partial charge in [0.1, 0.15) is 0 Å². The van der Waals surface area contributed by atoms with Gasteiger partial charge < -0.3 is 0 Å². The van der Waals surface area contributed by atoms with Crippen molar-refractivity contribution < 1.29 is 0 Å². The van der Waals surface area contributed by atoms with Crippen molar-refractivity contribution >= 4 is 55.0 Å². The quantitative estimate of drug-likeness (QED) is 0.0430. The average Bonchev–Trinajstić information content (AvgIpc) is 3.86.